The largest absolute Gasteiger partial charge is 0.452 e. The van der Waals surface area contributed by atoms with Crippen molar-refractivity contribution < 1.29 is 19.1 Å². The van der Waals surface area contributed by atoms with Gasteiger partial charge < -0.3 is 14.4 Å². The van der Waals surface area contributed by atoms with E-state index in [-0.39, 0.29) is 24.7 Å². The molecule has 2 rings (SSSR count). The minimum atomic E-state index is -0.478. The standard InChI is InChI=1S/C15H19NO4/c1-11-8-16(9-12(2)20-11)14(17)10-19-15(18)13-6-4-3-5-7-13/h3-7,11-12H,8-10H2,1-2H3. The fourth-order valence-electron chi connectivity index (χ4n) is 2.26. The maximum atomic E-state index is 12.0. The van der Waals surface area contributed by atoms with Gasteiger partial charge in [0, 0.05) is 13.1 Å². The van der Waals surface area contributed by atoms with Crippen LogP contribution in [0, 0.1) is 0 Å². The fourth-order valence-corrected chi connectivity index (χ4v) is 2.26. The average Bonchev–Trinajstić information content (AvgIpc) is 2.44. The van der Waals surface area contributed by atoms with E-state index >= 15 is 0 Å². The van der Waals surface area contributed by atoms with Crippen LogP contribution in [-0.2, 0) is 14.3 Å². The van der Waals surface area contributed by atoms with E-state index in [4.69, 9.17) is 9.47 Å². The van der Waals surface area contributed by atoms with Crippen molar-refractivity contribution in [2.75, 3.05) is 19.7 Å². The Morgan fingerprint density at radius 3 is 2.40 bits per heavy atom. The highest BCUT2D eigenvalue weighted by molar-refractivity contribution is 5.91. The molecule has 0 spiro atoms. The van der Waals surface area contributed by atoms with Gasteiger partial charge in [0.25, 0.3) is 5.91 Å². The monoisotopic (exact) mass is 277 g/mol. The molecule has 1 heterocycles. The second-order valence-electron chi connectivity index (χ2n) is 5.00. The molecular weight excluding hydrogens is 258 g/mol. The molecule has 108 valence electrons. The van der Waals surface area contributed by atoms with E-state index in [9.17, 15) is 9.59 Å². The number of esters is 1. The maximum Gasteiger partial charge on any atom is 0.338 e. The molecule has 1 saturated heterocycles. The number of nitrogens with zero attached hydrogens (tertiary/aromatic N) is 1. The lowest BCUT2D eigenvalue weighted by molar-refractivity contribution is -0.146. The molecule has 1 aliphatic heterocycles. The quantitative estimate of drug-likeness (QED) is 0.785. The predicted molar refractivity (Wildman–Crippen MR) is 73.3 cm³/mol. The Kier molecular flexibility index (Phi) is 4.74. The SMILES string of the molecule is CC1CN(C(=O)COC(=O)c2ccccc2)CC(C)O1. The Labute approximate surface area is 118 Å². The molecule has 0 saturated carbocycles. The van der Waals surface area contributed by atoms with Crippen molar-refractivity contribution in [2.24, 2.45) is 0 Å². The van der Waals surface area contributed by atoms with Crippen molar-refractivity contribution >= 4 is 11.9 Å². The molecule has 1 fully saturated rings. The van der Waals surface area contributed by atoms with Crippen LogP contribution in [0.15, 0.2) is 30.3 Å². The van der Waals surface area contributed by atoms with Gasteiger partial charge in [-0.1, -0.05) is 18.2 Å². The zero-order chi connectivity index (χ0) is 14.5. The number of amides is 1. The van der Waals surface area contributed by atoms with Crippen LogP contribution in [0.4, 0.5) is 0 Å². The van der Waals surface area contributed by atoms with E-state index < -0.39 is 5.97 Å². The first kappa shape index (κ1) is 14.5. The summed E-state index contributed by atoms with van der Waals surface area (Å²) in [5.74, 6) is -0.662. The first-order chi connectivity index (χ1) is 9.56. The zero-order valence-electron chi connectivity index (χ0n) is 11.7. The third-order valence-corrected chi connectivity index (χ3v) is 3.11. The van der Waals surface area contributed by atoms with Crippen LogP contribution in [0.25, 0.3) is 0 Å². The van der Waals surface area contributed by atoms with Crippen LogP contribution in [0.5, 0.6) is 0 Å². The van der Waals surface area contributed by atoms with Gasteiger partial charge in [0.1, 0.15) is 0 Å². The minimum absolute atomic E-state index is 0.00697. The highest BCUT2D eigenvalue weighted by Crippen LogP contribution is 2.11. The Morgan fingerprint density at radius 1 is 1.20 bits per heavy atom. The van der Waals surface area contributed by atoms with Crippen LogP contribution < -0.4 is 0 Å². The molecule has 5 heteroatoms. The van der Waals surface area contributed by atoms with Gasteiger partial charge in [-0.2, -0.15) is 0 Å². The summed E-state index contributed by atoms with van der Waals surface area (Å²) >= 11 is 0. The smallest absolute Gasteiger partial charge is 0.338 e. The van der Waals surface area contributed by atoms with Crippen LogP contribution in [0.2, 0.25) is 0 Å². The minimum Gasteiger partial charge on any atom is -0.452 e. The average molecular weight is 277 g/mol. The van der Waals surface area contributed by atoms with Crippen LogP contribution in [0.1, 0.15) is 24.2 Å². The van der Waals surface area contributed by atoms with Gasteiger partial charge in [0.15, 0.2) is 6.61 Å². The molecule has 1 aromatic rings. The summed E-state index contributed by atoms with van der Waals surface area (Å²) in [6.07, 6.45) is 0.0139. The van der Waals surface area contributed by atoms with Gasteiger partial charge in [-0.15, -0.1) is 0 Å². The molecule has 2 unspecified atom stereocenters. The van der Waals surface area contributed by atoms with E-state index in [2.05, 4.69) is 0 Å². The Hall–Kier alpha value is -1.88. The number of ether oxygens (including phenoxy) is 2. The number of hydrogen-bond acceptors (Lipinski definition) is 4. The second kappa shape index (κ2) is 6.52. The van der Waals surface area contributed by atoms with Crippen molar-refractivity contribution in [2.45, 2.75) is 26.1 Å². The van der Waals surface area contributed by atoms with Crippen molar-refractivity contribution in [3.05, 3.63) is 35.9 Å². The third kappa shape index (κ3) is 3.81. The molecule has 1 amide bonds. The van der Waals surface area contributed by atoms with E-state index in [1.807, 2.05) is 19.9 Å². The number of carbonyl (C=O) groups is 2. The lowest BCUT2D eigenvalue weighted by Gasteiger charge is -2.35. The number of morpholine rings is 1. The molecule has 20 heavy (non-hydrogen) atoms. The fraction of sp³-hybridized carbons (Fsp3) is 0.467. The summed E-state index contributed by atoms with van der Waals surface area (Å²) in [4.78, 5) is 25.4. The summed E-state index contributed by atoms with van der Waals surface area (Å²) in [7, 11) is 0. The topological polar surface area (TPSA) is 55.8 Å². The van der Waals surface area contributed by atoms with E-state index in [1.54, 1.807) is 29.2 Å². The Bertz CT molecular complexity index is 464. The molecule has 0 bridgehead atoms. The third-order valence-electron chi connectivity index (χ3n) is 3.11. The van der Waals surface area contributed by atoms with Gasteiger partial charge >= 0.3 is 5.97 Å². The zero-order valence-corrected chi connectivity index (χ0v) is 11.7. The van der Waals surface area contributed by atoms with Crippen molar-refractivity contribution in [1.82, 2.24) is 4.90 Å². The number of benzene rings is 1. The number of rotatable bonds is 3. The molecule has 0 N–H and O–H groups in total. The Morgan fingerprint density at radius 2 is 1.80 bits per heavy atom. The first-order valence-corrected chi connectivity index (χ1v) is 6.71. The van der Waals surface area contributed by atoms with Crippen LogP contribution >= 0.6 is 0 Å². The summed E-state index contributed by atoms with van der Waals surface area (Å²) in [5, 5.41) is 0. The number of carbonyl (C=O) groups excluding carboxylic acids is 2. The predicted octanol–water partition coefficient (Wildman–Crippen LogP) is 1.48. The summed E-state index contributed by atoms with van der Waals surface area (Å²) in [6.45, 7) is 4.68. The first-order valence-electron chi connectivity index (χ1n) is 6.71. The highest BCUT2D eigenvalue weighted by atomic mass is 16.5. The van der Waals surface area contributed by atoms with Gasteiger partial charge in [0.05, 0.1) is 17.8 Å². The molecule has 1 aliphatic rings. The van der Waals surface area contributed by atoms with E-state index in [1.165, 1.54) is 0 Å². The maximum absolute atomic E-state index is 12.0. The van der Waals surface area contributed by atoms with Gasteiger partial charge in [-0.3, -0.25) is 4.79 Å². The van der Waals surface area contributed by atoms with Gasteiger partial charge in [-0.05, 0) is 26.0 Å². The van der Waals surface area contributed by atoms with Crippen LogP contribution in [-0.4, -0.2) is 48.7 Å². The highest BCUT2D eigenvalue weighted by Gasteiger charge is 2.26. The van der Waals surface area contributed by atoms with E-state index in [0.717, 1.165) is 0 Å². The van der Waals surface area contributed by atoms with Gasteiger partial charge in [0.2, 0.25) is 0 Å². The molecule has 5 nitrogen and oxygen atoms in total. The molecule has 1 aromatic carbocycles. The van der Waals surface area contributed by atoms with Crippen molar-refractivity contribution in [1.29, 1.82) is 0 Å². The summed E-state index contributed by atoms with van der Waals surface area (Å²) in [5.41, 5.74) is 0.448. The molecule has 0 aromatic heterocycles. The normalized spacial score (nSPS) is 22.4. The van der Waals surface area contributed by atoms with E-state index in [0.29, 0.717) is 18.7 Å². The second-order valence-corrected chi connectivity index (χ2v) is 5.00. The summed E-state index contributed by atoms with van der Waals surface area (Å²) < 4.78 is 10.6. The molecule has 0 aliphatic carbocycles. The number of hydrogen-bond donors (Lipinski definition) is 0. The Balaban J connectivity index is 1.84. The van der Waals surface area contributed by atoms with Gasteiger partial charge in [-0.25, -0.2) is 4.79 Å². The lowest BCUT2D eigenvalue weighted by atomic mass is 10.2. The van der Waals surface area contributed by atoms with Crippen molar-refractivity contribution in [3.63, 3.8) is 0 Å². The molecule has 0 radical (unpaired) electrons. The summed E-state index contributed by atoms with van der Waals surface area (Å²) in [6, 6.07) is 8.64. The van der Waals surface area contributed by atoms with Crippen molar-refractivity contribution in [3.8, 4) is 0 Å². The molecule has 2 atom stereocenters. The van der Waals surface area contributed by atoms with Crippen LogP contribution in [0.3, 0.4) is 0 Å². The lowest BCUT2D eigenvalue weighted by Crippen LogP contribution is -2.49. The molecular formula is C15H19NO4.